The van der Waals surface area contributed by atoms with Crippen LogP contribution in [0.15, 0.2) is 29.6 Å². The summed E-state index contributed by atoms with van der Waals surface area (Å²) in [6.07, 6.45) is 2.35. The maximum absolute atomic E-state index is 12.2. The number of hydrogen-bond donors (Lipinski definition) is 2. The van der Waals surface area contributed by atoms with Crippen molar-refractivity contribution in [3.63, 3.8) is 0 Å². The van der Waals surface area contributed by atoms with Crippen molar-refractivity contribution in [1.82, 2.24) is 10.3 Å². The van der Waals surface area contributed by atoms with E-state index in [4.69, 9.17) is 4.74 Å². The lowest BCUT2D eigenvalue weighted by Crippen LogP contribution is -2.33. The molecule has 24 heavy (non-hydrogen) atoms. The number of nitrogens with zero attached hydrogens (tertiary/aromatic N) is 1. The highest BCUT2D eigenvalue weighted by Crippen LogP contribution is 2.40. The zero-order valence-electron chi connectivity index (χ0n) is 13.4. The second kappa shape index (κ2) is 7.44. The van der Waals surface area contributed by atoms with E-state index >= 15 is 0 Å². The number of ether oxygens (including phenoxy) is 1. The van der Waals surface area contributed by atoms with Crippen molar-refractivity contribution in [1.29, 1.82) is 0 Å². The van der Waals surface area contributed by atoms with E-state index < -0.39 is 0 Å². The molecule has 0 unspecified atom stereocenters. The molecular formula is C17H19N3O3S. The van der Waals surface area contributed by atoms with Gasteiger partial charge in [0.15, 0.2) is 5.13 Å². The van der Waals surface area contributed by atoms with Crippen LogP contribution in [0.3, 0.4) is 0 Å². The van der Waals surface area contributed by atoms with Crippen LogP contribution < -0.4 is 15.4 Å². The molecule has 0 bridgehead atoms. The maximum atomic E-state index is 12.2. The lowest BCUT2D eigenvalue weighted by Gasteiger charge is -2.10. The molecule has 2 aromatic rings. The van der Waals surface area contributed by atoms with E-state index in [1.807, 2.05) is 12.3 Å². The van der Waals surface area contributed by atoms with E-state index in [-0.39, 0.29) is 18.4 Å². The third-order valence-electron chi connectivity index (χ3n) is 3.60. The summed E-state index contributed by atoms with van der Waals surface area (Å²) in [5, 5.41) is 7.87. The van der Waals surface area contributed by atoms with Crippen LogP contribution in [0.1, 0.15) is 41.7 Å². The Morgan fingerprint density at radius 3 is 2.88 bits per heavy atom. The van der Waals surface area contributed by atoms with Crippen molar-refractivity contribution in [3.05, 3.63) is 40.9 Å². The minimum absolute atomic E-state index is 0.113. The predicted molar refractivity (Wildman–Crippen MR) is 92.7 cm³/mol. The molecule has 2 amide bonds. The SMILES string of the molecule is CCOc1ccccc1C(=O)NCC(=O)Nc1nc(C2CC2)cs1. The molecule has 1 aromatic carbocycles. The summed E-state index contributed by atoms with van der Waals surface area (Å²) < 4.78 is 5.42. The van der Waals surface area contributed by atoms with E-state index in [1.54, 1.807) is 24.3 Å². The molecule has 1 aliphatic rings. The number of nitrogens with one attached hydrogen (secondary N) is 2. The van der Waals surface area contributed by atoms with Crippen LogP contribution in [0.2, 0.25) is 0 Å². The fraction of sp³-hybridized carbons (Fsp3) is 0.353. The van der Waals surface area contributed by atoms with Gasteiger partial charge in [-0.1, -0.05) is 12.1 Å². The zero-order chi connectivity index (χ0) is 16.9. The number of aromatic nitrogens is 1. The molecular weight excluding hydrogens is 326 g/mol. The van der Waals surface area contributed by atoms with Gasteiger partial charge in [0.05, 0.1) is 24.4 Å². The van der Waals surface area contributed by atoms with Crippen molar-refractivity contribution in [3.8, 4) is 5.75 Å². The van der Waals surface area contributed by atoms with Gasteiger partial charge < -0.3 is 15.4 Å². The first-order chi connectivity index (χ1) is 11.7. The molecule has 0 aliphatic heterocycles. The highest BCUT2D eigenvalue weighted by molar-refractivity contribution is 7.13. The second-order valence-electron chi connectivity index (χ2n) is 5.51. The van der Waals surface area contributed by atoms with Gasteiger partial charge in [-0.25, -0.2) is 4.98 Å². The summed E-state index contributed by atoms with van der Waals surface area (Å²) in [7, 11) is 0. The number of hydrogen-bond acceptors (Lipinski definition) is 5. The molecule has 7 heteroatoms. The normalized spacial score (nSPS) is 13.4. The fourth-order valence-electron chi connectivity index (χ4n) is 2.27. The Balaban J connectivity index is 1.52. The van der Waals surface area contributed by atoms with Crippen LogP contribution in [-0.2, 0) is 4.79 Å². The topological polar surface area (TPSA) is 80.3 Å². The van der Waals surface area contributed by atoms with Gasteiger partial charge in [0.25, 0.3) is 5.91 Å². The van der Waals surface area contributed by atoms with Gasteiger partial charge in [-0.15, -0.1) is 11.3 Å². The number of para-hydroxylation sites is 1. The summed E-state index contributed by atoms with van der Waals surface area (Å²) in [6, 6.07) is 6.95. The van der Waals surface area contributed by atoms with E-state index in [1.165, 1.54) is 24.2 Å². The number of anilines is 1. The van der Waals surface area contributed by atoms with Gasteiger partial charge in [0, 0.05) is 11.3 Å². The molecule has 0 atom stereocenters. The quantitative estimate of drug-likeness (QED) is 0.809. The van der Waals surface area contributed by atoms with Crippen molar-refractivity contribution < 1.29 is 14.3 Å². The van der Waals surface area contributed by atoms with Crippen LogP contribution in [0.4, 0.5) is 5.13 Å². The van der Waals surface area contributed by atoms with Crippen LogP contribution in [0, 0.1) is 0 Å². The summed E-state index contributed by atoms with van der Waals surface area (Å²) >= 11 is 1.41. The number of rotatable bonds is 7. The Morgan fingerprint density at radius 1 is 1.33 bits per heavy atom. The van der Waals surface area contributed by atoms with Crippen LogP contribution in [0.5, 0.6) is 5.75 Å². The lowest BCUT2D eigenvalue weighted by atomic mass is 10.2. The molecule has 0 saturated heterocycles. The van der Waals surface area contributed by atoms with E-state index in [0.717, 1.165) is 5.69 Å². The Bertz CT molecular complexity index is 740. The van der Waals surface area contributed by atoms with Crippen LogP contribution in [0.25, 0.3) is 0 Å². The van der Waals surface area contributed by atoms with Crippen molar-refractivity contribution in [2.24, 2.45) is 0 Å². The highest BCUT2D eigenvalue weighted by Gasteiger charge is 2.26. The average Bonchev–Trinajstić information content (AvgIpc) is 3.33. The molecule has 1 aliphatic carbocycles. The molecule has 1 fully saturated rings. The Hall–Kier alpha value is -2.41. The van der Waals surface area contributed by atoms with E-state index in [9.17, 15) is 9.59 Å². The minimum Gasteiger partial charge on any atom is -0.493 e. The standard InChI is InChI=1S/C17H19N3O3S/c1-2-23-14-6-4-3-5-12(14)16(22)18-9-15(21)20-17-19-13(10-24-17)11-7-8-11/h3-6,10-11H,2,7-9H2,1H3,(H,18,22)(H,19,20,21). The number of amides is 2. The summed E-state index contributed by atoms with van der Waals surface area (Å²) in [4.78, 5) is 28.6. The molecule has 0 spiro atoms. The Labute approximate surface area is 144 Å². The molecule has 3 rings (SSSR count). The number of carbonyl (C=O) groups excluding carboxylic acids is 2. The van der Waals surface area contributed by atoms with Crippen LogP contribution >= 0.6 is 11.3 Å². The first kappa shape index (κ1) is 16.4. The van der Waals surface area contributed by atoms with Crippen molar-refractivity contribution >= 4 is 28.3 Å². The smallest absolute Gasteiger partial charge is 0.255 e. The first-order valence-electron chi connectivity index (χ1n) is 7.92. The van der Waals surface area contributed by atoms with Gasteiger partial charge in [0.1, 0.15) is 5.75 Å². The van der Waals surface area contributed by atoms with Gasteiger partial charge in [0.2, 0.25) is 5.91 Å². The fourth-order valence-corrected chi connectivity index (χ4v) is 3.07. The monoisotopic (exact) mass is 345 g/mol. The Morgan fingerprint density at radius 2 is 2.12 bits per heavy atom. The number of thiazole rings is 1. The lowest BCUT2D eigenvalue weighted by molar-refractivity contribution is -0.115. The van der Waals surface area contributed by atoms with Crippen molar-refractivity contribution in [2.75, 3.05) is 18.5 Å². The molecule has 0 radical (unpaired) electrons. The van der Waals surface area contributed by atoms with E-state index in [0.29, 0.717) is 29.0 Å². The predicted octanol–water partition coefficient (Wildman–Crippen LogP) is 2.79. The number of carbonyl (C=O) groups is 2. The molecule has 2 N–H and O–H groups in total. The second-order valence-corrected chi connectivity index (χ2v) is 6.37. The van der Waals surface area contributed by atoms with Gasteiger partial charge in [-0.05, 0) is 31.9 Å². The van der Waals surface area contributed by atoms with Gasteiger partial charge in [-0.2, -0.15) is 0 Å². The van der Waals surface area contributed by atoms with Gasteiger partial charge in [-0.3, -0.25) is 9.59 Å². The summed E-state index contributed by atoms with van der Waals surface area (Å²) in [5.74, 6) is 0.425. The first-order valence-corrected chi connectivity index (χ1v) is 8.80. The van der Waals surface area contributed by atoms with Crippen molar-refractivity contribution in [2.45, 2.75) is 25.7 Å². The number of benzene rings is 1. The van der Waals surface area contributed by atoms with Crippen LogP contribution in [-0.4, -0.2) is 29.9 Å². The molecule has 1 saturated carbocycles. The highest BCUT2D eigenvalue weighted by atomic mass is 32.1. The largest absolute Gasteiger partial charge is 0.493 e. The molecule has 1 aromatic heterocycles. The maximum Gasteiger partial charge on any atom is 0.255 e. The molecule has 6 nitrogen and oxygen atoms in total. The van der Waals surface area contributed by atoms with E-state index in [2.05, 4.69) is 15.6 Å². The third kappa shape index (κ3) is 4.11. The Kier molecular flexibility index (Phi) is 5.10. The molecule has 1 heterocycles. The minimum atomic E-state index is -0.341. The summed E-state index contributed by atoms with van der Waals surface area (Å²) in [5.41, 5.74) is 1.46. The van der Waals surface area contributed by atoms with Gasteiger partial charge >= 0.3 is 0 Å². The average molecular weight is 345 g/mol. The third-order valence-corrected chi connectivity index (χ3v) is 4.38. The summed E-state index contributed by atoms with van der Waals surface area (Å²) in [6.45, 7) is 2.21. The zero-order valence-corrected chi connectivity index (χ0v) is 14.2. The molecule has 126 valence electrons.